The molecular formula is C28H26ClNO5. The van der Waals surface area contributed by atoms with E-state index in [1.54, 1.807) is 45.8 Å². The zero-order chi connectivity index (χ0) is 25.1. The molecule has 0 aliphatic heterocycles. The summed E-state index contributed by atoms with van der Waals surface area (Å²) in [7, 11) is 4.72. The summed E-state index contributed by atoms with van der Waals surface area (Å²) >= 11 is 6.07. The second-order valence-electron chi connectivity index (χ2n) is 8.00. The number of halogens is 1. The zero-order valence-corrected chi connectivity index (χ0v) is 20.9. The fraction of sp³-hybridized carbons (Fsp3) is 0.179. The Kier molecular flexibility index (Phi) is 7.03. The van der Waals surface area contributed by atoms with Gasteiger partial charge in [0.1, 0.15) is 22.8 Å². The minimum absolute atomic E-state index is 0.307. The Morgan fingerprint density at radius 3 is 2.40 bits per heavy atom. The molecule has 0 radical (unpaired) electrons. The summed E-state index contributed by atoms with van der Waals surface area (Å²) in [6.45, 7) is 3.81. The Bertz CT molecular complexity index is 1420. The molecule has 0 aliphatic rings. The Labute approximate surface area is 209 Å². The van der Waals surface area contributed by atoms with Gasteiger partial charge < -0.3 is 23.9 Å². The second kappa shape index (κ2) is 10.2. The van der Waals surface area contributed by atoms with Crippen molar-refractivity contribution in [2.24, 2.45) is 0 Å². The van der Waals surface area contributed by atoms with Crippen LogP contribution >= 0.6 is 11.6 Å². The first-order valence-corrected chi connectivity index (χ1v) is 11.3. The van der Waals surface area contributed by atoms with Crippen molar-refractivity contribution in [3.63, 3.8) is 0 Å². The highest BCUT2D eigenvalue weighted by Crippen LogP contribution is 2.41. The number of aryl methyl sites for hydroxylation is 1. The summed E-state index contributed by atoms with van der Waals surface area (Å²) in [4.78, 5) is 12.9. The van der Waals surface area contributed by atoms with Gasteiger partial charge in [-0.25, -0.2) is 0 Å². The van der Waals surface area contributed by atoms with Crippen LogP contribution in [0.3, 0.4) is 0 Å². The van der Waals surface area contributed by atoms with Crippen molar-refractivity contribution in [1.82, 2.24) is 0 Å². The molecule has 1 aromatic heterocycles. The molecule has 1 heterocycles. The van der Waals surface area contributed by atoms with Crippen LogP contribution in [0.2, 0.25) is 5.02 Å². The van der Waals surface area contributed by atoms with Crippen LogP contribution in [0.25, 0.3) is 27.7 Å². The molecule has 0 atom stereocenters. The average molecular weight is 492 g/mol. The van der Waals surface area contributed by atoms with E-state index in [2.05, 4.69) is 5.32 Å². The molecular weight excluding hydrogens is 466 g/mol. The number of hydrogen-bond donors (Lipinski definition) is 1. The predicted molar refractivity (Wildman–Crippen MR) is 140 cm³/mol. The number of carbonyl (C=O) groups excluding carboxylic acids is 1. The number of rotatable bonds is 7. The number of methoxy groups -OCH3 is 3. The largest absolute Gasteiger partial charge is 0.497 e. The number of fused-ring (bicyclic) bond motifs is 1. The zero-order valence-electron chi connectivity index (χ0n) is 20.2. The van der Waals surface area contributed by atoms with Gasteiger partial charge in [0.05, 0.1) is 33.3 Å². The Morgan fingerprint density at radius 2 is 1.74 bits per heavy atom. The summed E-state index contributed by atoms with van der Waals surface area (Å²) in [6, 6.07) is 14.8. The number of benzene rings is 3. The van der Waals surface area contributed by atoms with Gasteiger partial charge in [-0.3, -0.25) is 4.79 Å². The lowest BCUT2D eigenvalue weighted by Crippen LogP contribution is -2.10. The molecule has 1 N–H and O–H groups in total. The molecule has 0 saturated carbocycles. The number of allylic oxidation sites excluding steroid dienone is 1. The van der Waals surface area contributed by atoms with Crippen molar-refractivity contribution in [2.75, 3.05) is 26.6 Å². The van der Waals surface area contributed by atoms with Gasteiger partial charge in [0.2, 0.25) is 5.91 Å². The van der Waals surface area contributed by atoms with E-state index in [1.807, 2.05) is 44.2 Å². The van der Waals surface area contributed by atoms with E-state index in [1.165, 1.54) is 6.08 Å². The first-order valence-electron chi connectivity index (χ1n) is 10.9. The maximum Gasteiger partial charge on any atom is 0.248 e. The van der Waals surface area contributed by atoms with E-state index >= 15 is 0 Å². The molecule has 0 fully saturated rings. The smallest absolute Gasteiger partial charge is 0.248 e. The van der Waals surface area contributed by atoms with Crippen molar-refractivity contribution in [3.8, 4) is 28.4 Å². The van der Waals surface area contributed by atoms with Gasteiger partial charge in [-0.1, -0.05) is 23.7 Å². The summed E-state index contributed by atoms with van der Waals surface area (Å²) in [5, 5.41) is 4.46. The molecule has 6 nitrogen and oxygen atoms in total. The van der Waals surface area contributed by atoms with Gasteiger partial charge in [-0.15, -0.1) is 0 Å². The molecule has 35 heavy (non-hydrogen) atoms. The van der Waals surface area contributed by atoms with Crippen LogP contribution in [-0.2, 0) is 4.79 Å². The second-order valence-corrected chi connectivity index (χ2v) is 8.43. The lowest BCUT2D eigenvalue weighted by atomic mass is 9.96. The molecule has 3 aromatic carbocycles. The number of ether oxygens (including phenoxy) is 3. The topological polar surface area (TPSA) is 69.9 Å². The Morgan fingerprint density at radius 1 is 1.00 bits per heavy atom. The Balaban J connectivity index is 1.74. The van der Waals surface area contributed by atoms with E-state index in [0.717, 1.165) is 38.8 Å². The van der Waals surface area contributed by atoms with Crippen molar-refractivity contribution in [1.29, 1.82) is 0 Å². The van der Waals surface area contributed by atoms with Crippen molar-refractivity contribution < 1.29 is 23.4 Å². The minimum atomic E-state index is -0.307. The van der Waals surface area contributed by atoms with Crippen molar-refractivity contribution in [2.45, 2.75) is 13.8 Å². The summed E-state index contributed by atoms with van der Waals surface area (Å²) in [5.74, 6) is 1.49. The quantitative estimate of drug-likeness (QED) is 0.278. The molecule has 1 amide bonds. The van der Waals surface area contributed by atoms with Gasteiger partial charge in [-0.05, 0) is 55.3 Å². The Hall–Kier alpha value is -3.90. The van der Waals surface area contributed by atoms with Crippen LogP contribution in [0, 0.1) is 6.92 Å². The van der Waals surface area contributed by atoms with Gasteiger partial charge >= 0.3 is 0 Å². The maximum atomic E-state index is 12.9. The fourth-order valence-electron chi connectivity index (χ4n) is 4.08. The van der Waals surface area contributed by atoms with Crippen LogP contribution in [-0.4, -0.2) is 27.2 Å². The third kappa shape index (κ3) is 4.84. The molecule has 4 rings (SSSR count). The highest BCUT2D eigenvalue weighted by molar-refractivity contribution is 6.30. The maximum absolute atomic E-state index is 12.9. The molecule has 4 aromatic rings. The molecule has 0 spiro atoms. The van der Waals surface area contributed by atoms with Crippen molar-refractivity contribution in [3.05, 3.63) is 77.0 Å². The molecule has 0 aliphatic carbocycles. The van der Waals surface area contributed by atoms with Crippen LogP contribution < -0.4 is 19.5 Å². The predicted octanol–water partition coefficient (Wildman–Crippen LogP) is 7.13. The van der Waals surface area contributed by atoms with Gasteiger partial charge in [0.15, 0.2) is 0 Å². The molecule has 7 heteroatoms. The van der Waals surface area contributed by atoms with E-state index in [0.29, 0.717) is 28.0 Å². The lowest BCUT2D eigenvalue weighted by Gasteiger charge is -2.14. The molecule has 0 saturated heterocycles. The van der Waals surface area contributed by atoms with E-state index in [4.69, 9.17) is 30.2 Å². The molecule has 0 bridgehead atoms. The lowest BCUT2D eigenvalue weighted by molar-refractivity contribution is -0.111. The summed E-state index contributed by atoms with van der Waals surface area (Å²) in [6.07, 6.45) is 3.26. The molecule has 180 valence electrons. The van der Waals surface area contributed by atoms with Gasteiger partial charge in [-0.2, -0.15) is 0 Å². The fourth-order valence-corrected chi connectivity index (χ4v) is 4.21. The monoisotopic (exact) mass is 491 g/mol. The van der Waals surface area contributed by atoms with E-state index in [9.17, 15) is 4.79 Å². The third-order valence-electron chi connectivity index (χ3n) is 5.84. The number of hydrogen-bond acceptors (Lipinski definition) is 5. The van der Waals surface area contributed by atoms with E-state index < -0.39 is 0 Å². The standard InChI is InChI=1S/C28H26ClNO5/c1-16(12-26(31)30-24-13-20(32-3)10-11-25(24)33-4)21-14-22-23(18-6-8-19(29)9-7-18)15-35-28(22)17(2)27(21)34-5/h6-15H,1-5H3,(H,30,31)/b16-12+. The average Bonchev–Trinajstić information content (AvgIpc) is 3.28. The first kappa shape index (κ1) is 24.2. The highest BCUT2D eigenvalue weighted by Gasteiger charge is 2.19. The number of furan rings is 1. The number of amides is 1. The van der Waals surface area contributed by atoms with Gasteiger partial charge in [0.25, 0.3) is 0 Å². The third-order valence-corrected chi connectivity index (χ3v) is 6.09. The van der Waals surface area contributed by atoms with Crippen LogP contribution in [0.5, 0.6) is 17.2 Å². The first-order chi connectivity index (χ1) is 16.9. The number of nitrogens with one attached hydrogen (secondary N) is 1. The number of carbonyl (C=O) groups is 1. The molecule has 0 unspecified atom stereocenters. The minimum Gasteiger partial charge on any atom is -0.497 e. The summed E-state index contributed by atoms with van der Waals surface area (Å²) < 4.78 is 22.2. The number of anilines is 1. The van der Waals surface area contributed by atoms with Crippen LogP contribution in [0.15, 0.2) is 65.3 Å². The van der Waals surface area contributed by atoms with Crippen LogP contribution in [0.4, 0.5) is 5.69 Å². The van der Waals surface area contributed by atoms with Crippen LogP contribution in [0.1, 0.15) is 18.1 Å². The highest BCUT2D eigenvalue weighted by atomic mass is 35.5. The van der Waals surface area contributed by atoms with Gasteiger partial charge in [0, 0.05) is 39.2 Å². The SMILES string of the molecule is COc1ccc(OC)c(NC(=O)/C=C(\C)c2cc3c(-c4ccc(Cl)cc4)coc3c(C)c2OC)c1. The normalized spacial score (nSPS) is 11.4. The van der Waals surface area contributed by atoms with E-state index in [-0.39, 0.29) is 5.91 Å². The summed E-state index contributed by atoms with van der Waals surface area (Å²) in [5.41, 5.74) is 5.53. The van der Waals surface area contributed by atoms with Crippen molar-refractivity contribution >= 4 is 39.7 Å².